The summed E-state index contributed by atoms with van der Waals surface area (Å²) in [5.41, 5.74) is 1.13. The number of aromatic nitrogens is 1. The largest absolute Gasteiger partial charge is 0.361 e. The Balaban J connectivity index is 1.57. The van der Waals surface area contributed by atoms with Crippen LogP contribution in [-0.4, -0.2) is 47.0 Å². The summed E-state index contributed by atoms with van der Waals surface area (Å²) in [5.74, 6) is -0.349. The van der Waals surface area contributed by atoms with Gasteiger partial charge in [-0.15, -0.1) is 0 Å². The van der Waals surface area contributed by atoms with Gasteiger partial charge >= 0.3 is 0 Å². The van der Waals surface area contributed by atoms with Crippen LogP contribution in [0.4, 0.5) is 0 Å². The second kappa shape index (κ2) is 9.53. The minimum atomic E-state index is -1.20. The third kappa shape index (κ3) is 4.98. The zero-order chi connectivity index (χ0) is 21.5. The molecule has 0 radical (unpaired) electrons. The van der Waals surface area contributed by atoms with Crippen LogP contribution < -0.4 is 5.32 Å². The van der Waals surface area contributed by atoms with Crippen molar-refractivity contribution in [3.05, 3.63) is 102 Å². The van der Waals surface area contributed by atoms with Gasteiger partial charge in [0.15, 0.2) is 5.60 Å². The number of pyridine rings is 1. The molecule has 0 saturated carbocycles. The number of hydrogen-bond acceptors (Lipinski definition) is 4. The van der Waals surface area contributed by atoms with Gasteiger partial charge in [-0.3, -0.25) is 14.6 Å². The second-order valence-electron chi connectivity index (χ2n) is 7.60. The first kappa shape index (κ1) is 20.8. The number of rotatable bonds is 6. The summed E-state index contributed by atoms with van der Waals surface area (Å²) in [4.78, 5) is 32.5. The van der Waals surface area contributed by atoms with E-state index in [1.165, 1.54) is 0 Å². The molecule has 158 valence electrons. The quantitative estimate of drug-likeness (QED) is 0.672. The topological polar surface area (TPSA) is 71.5 Å². The van der Waals surface area contributed by atoms with E-state index in [2.05, 4.69) is 10.3 Å². The van der Waals surface area contributed by atoms with E-state index in [1.807, 2.05) is 66.7 Å². The van der Waals surface area contributed by atoms with Crippen molar-refractivity contribution < 1.29 is 14.3 Å². The SMILES string of the molecule is O=C(c1ccccc1)N1CCOC(Cc2ccccn2)(C(=O)NCc2ccccc2)C1. The summed E-state index contributed by atoms with van der Waals surface area (Å²) in [6.07, 6.45) is 1.98. The predicted octanol–water partition coefficient (Wildman–Crippen LogP) is 2.85. The molecule has 1 atom stereocenters. The summed E-state index contributed by atoms with van der Waals surface area (Å²) < 4.78 is 6.09. The molecule has 1 N–H and O–H groups in total. The van der Waals surface area contributed by atoms with Crippen LogP contribution in [0.5, 0.6) is 0 Å². The lowest BCUT2D eigenvalue weighted by Gasteiger charge is -2.41. The van der Waals surface area contributed by atoms with E-state index < -0.39 is 5.60 Å². The Morgan fingerprint density at radius 3 is 2.39 bits per heavy atom. The lowest BCUT2D eigenvalue weighted by atomic mass is 9.93. The van der Waals surface area contributed by atoms with Crippen molar-refractivity contribution in [1.82, 2.24) is 15.2 Å². The van der Waals surface area contributed by atoms with E-state index in [-0.39, 0.29) is 31.4 Å². The fourth-order valence-electron chi connectivity index (χ4n) is 3.78. The van der Waals surface area contributed by atoms with Crippen LogP contribution in [0, 0.1) is 0 Å². The van der Waals surface area contributed by atoms with Crippen LogP contribution in [0.25, 0.3) is 0 Å². The molecule has 2 aromatic carbocycles. The first-order valence-corrected chi connectivity index (χ1v) is 10.4. The van der Waals surface area contributed by atoms with Gasteiger partial charge in [0, 0.05) is 37.0 Å². The highest BCUT2D eigenvalue weighted by Gasteiger charge is 2.45. The number of benzene rings is 2. The van der Waals surface area contributed by atoms with Gasteiger partial charge in [0.25, 0.3) is 11.8 Å². The molecule has 1 aliphatic rings. The summed E-state index contributed by atoms with van der Waals surface area (Å²) in [7, 11) is 0. The highest BCUT2D eigenvalue weighted by molar-refractivity contribution is 5.95. The number of amides is 2. The minimum Gasteiger partial charge on any atom is -0.361 e. The van der Waals surface area contributed by atoms with Gasteiger partial charge in [-0.2, -0.15) is 0 Å². The lowest BCUT2D eigenvalue weighted by Crippen LogP contribution is -2.62. The number of morpholine rings is 1. The average Bonchev–Trinajstić information content (AvgIpc) is 2.84. The van der Waals surface area contributed by atoms with Crippen molar-refractivity contribution in [3.8, 4) is 0 Å². The van der Waals surface area contributed by atoms with E-state index in [0.717, 1.165) is 11.3 Å². The van der Waals surface area contributed by atoms with E-state index in [0.29, 0.717) is 18.7 Å². The maximum Gasteiger partial charge on any atom is 0.254 e. The fourth-order valence-corrected chi connectivity index (χ4v) is 3.78. The molecule has 1 aromatic heterocycles. The highest BCUT2D eigenvalue weighted by atomic mass is 16.5. The van der Waals surface area contributed by atoms with Gasteiger partial charge < -0.3 is 15.0 Å². The molecule has 6 heteroatoms. The molecular weight excluding hydrogens is 390 g/mol. The Labute approximate surface area is 181 Å². The molecule has 6 nitrogen and oxygen atoms in total. The molecule has 4 rings (SSSR count). The van der Waals surface area contributed by atoms with Crippen LogP contribution in [0.3, 0.4) is 0 Å². The monoisotopic (exact) mass is 415 g/mol. The number of hydrogen-bond donors (Lipinski definition) is 1. The molecule has 2 amide bonds. The minimum absolute atomic E-state index is 0.106. The Kier molecular flexibility index (Phi) is 6.38. The Morgan fingerprint density at radius 1 is 0.968 bits per heavy atom. The van der Waals surface area contributed by atoms with Crippen LogP contribution >= 0.6 is 0 Å². The van der Waals surface area contributed by atoms with Crippen molar-refractivity contribution in [2.45, 2.75) is 18.6 Å². The lowest BCUT2D eigenvalue weighted by molar-refractivity contribution is -0.157. The molecule has 2 heterocycles. The third-order valence-electron chi connectivity index (χ3n) is 5.40. The van der Waals surface area contributed by atoms with Crippen molar-refractivity contribution in [3.63, 3.8) is 0 Å². The van der Waals surface area contributed by atoms with Gasteiger partial charge in [-0.25, -0.2) is 0 Å². The van der Waals surface area contributed by atoms with Gasteiger partial charge in [-0.1, -0.05) is 54.6 Å². The Hall–Kier alpha value is -3.51. The van der Waals surface area contributed by atoms with Crippen LogP contribution in [-0.2, 0) is 22.5 Å². The smallest absolute Gasteiger partial charge is 0.254 e. The number of carbonyl (C=O) groups is 2. The Morgan fingerprint density at radius 2 is 1.68 bits per heavy atom. The third-order valence-corrected chi connectivity index (χ3v) is 5.40. The first-order valence-electron chi connectivity index (χ1n) is 10.4. The number of nitrogens with zero attached hydrogens (tertiary/aromatic N) is 2. The molecule has 0 aliphatic carbocycles. The highest BCUT2D eigenvalue weighted by Crippen LogP contribution is 2.25. The normalized spacial score (nSPS) is 18.4. The van der Waals surface area contributed by atoms with E-state index in [9.17, 15) is 9.59 Å². The van der Waals surface area contributed by atoms with Crippen molar-refractivity contribution in [1.29, 1.82) is 0 Å². The molecular formula is C25H25N3O3. The maximum absolute atomic E-state index is 13.4. The van der Waals surface area contributed by atoms with Crippen molar-refractivity contribution >= 4 is 11.8 Å². The summed E-state index contributed by atoms with van der Waals surface area (Å²) in [6.45, 7) is 1.27. The van der Waals surface area contributed by atoms with E-state index in [1.54, 1.807) is 23.2 Å². The maximum atomic E-state index is 13.4. The zero-order valence-electron chi connectivity index (χ0n) is 17.2. The molecule has 1 saturated heterocycles. The standard InChI is InChI=1S/C25H25N3O3/c29-23(21-11-5-2-6-12-21)28-15-16-31-25(19-28,17-22-13-7-8-14-26-22)24(30)27-18-20-9-3-1-4-10-20/h1-14H,15-19H2,(H,27,30). The Bertz CT molecular complexity index is 1010. The second-order valence-corrected chi connectivity index (χ2v) is 7.60. The zero-order valence-corrected chi connectivity index (χ0v) is 17.2. The molecule has 1 aliphatic heterocycles. The van der Waals surface area contributed by atoms with Gasteiger partial charge in [0.2, 0.25) is 0 Å². The molecule has 1 fully saturated rings. The molecule has 0 bridgehead atoms. The van der Waals surface area contributed by atoms with Crippen molar-refractivity contribution in [2.75, 3.05) is 19.7 Å². The number of ether oxygens (including phenoxy) is 1. The van der Waals surface area contributed by atoms with Gasteiger partial charge in [0.1, 0.15) is 0 Å². The molecule has 1 unspecified atom stereocenters. The molecule has 0 spiro atoms. The van der Waals surface area contributed by atoms with E-state index >= 15 is 0 Å². The fraction of sp³-hybridized carbons (Fsp3) is 0.240. The van der Waals surface area contributed by atoms with E-state index in [4.69, 9.17) is 4.74 Å². The first-order chi connectivity index (χ1) is 15.2. The van der Waals surface area contributed by atoms with Crippen LogP contribution in [0.2, 0.25) is 0 Å². The average molecular weight is 415 g/mol. The molecule has 3 aromatic rings. The summed E-state index contributed by atoms with van der Waals surface area (Å²) in [5, 5.41) is 3.00. The molecule has 31 heavy (non-hydrogen) atoms. The van der Waals surface area contributed by atoms with Crippen molar-refractivity contribution in [2.24, 2.45) is 0 Å². The van der Waals surface area contributed by atoms with Gasteiger partial charge in [-0.05, 0) is 29.8 Å². The number of carbonyl (C=O) groups excluding carboxylic acids is 2. The number of nitrogens with one attached hydrogen (secondary N) is 1. The summed E-state index contributed by atoms with van der Waals surface area (Å²) >= 11 is 0. The van der Waals surface area contributed by atoms with Crippen LogP contribution in [0.1, 0.15) is 21.6 Å². The summed E-state index contributed by atoms with van der Waals surface area (Å²) in [6, 6.07) is 24.4. The predicted molar refractivity (Wildman–Crippen MR) is 117 cm³/mol. The van der Waals surface area contributed by atoms with Gasteiger partial charge in [0.05, 0.1) is 13.2 Å². The van der Waals surface area contributed by atoms with Crippen LogP contribution in [0.15, 0.2) is 85.1 Å².